The molecule has 1 amide bonds. The molecule has 1 saturated heterocycles. The molecule has 0 aromatic carbocycles. The van der Waals surface area contributed by atoms with Gasteiger partial charge >= 0.3 is 0 Å². The molecule has 5 nitrogen and oxygen atoms in total. The van der Waals surface area contributed by atoms with Gasteiger partial charge in [-0.1, -0.05) is 13.0 Å². The van der Waals surface area contributed by atoms with Crippen LogP contribution in [0, 0.1) is 0 Å². The predicted octanol–water partition coefficient (Wildman–Crippen LogP) is 1.63. The van der Waals surface area contributed by atoms with Crippen molar-refractivity contribution in [2.24, 2.45) is 0 Å². The van der Waals surface area contributed by atoms with Crippen molar-refractivity contribution < 1.29 is 4.79 Å². The van der Waals surface area contributed by atoms with Gasteiger partial charge in [0.2, 0.25) is 5.91 Å². The molecule has 0 radical (unpaired) electrons. The standard InChI is InChI=1S/C18H30N4O/c1-5-15-6-7-16(19-12-15)13-22(4)18(23)9-11-21(3)17-8-10-20(2)14-17/h6-7,12,17H,5,8-11,13-14H2,1-4H3/t17-/m1/s1. The van der Waals surface area contributed by atoms with Crippen LogP contribution < -0.4 is 0 Å². The molecule has 0 spiro atoms. The first-order valence-electron chi connectivity index (χ1n) is 8.56. The van der Waals surface area contributed by atoms with Gasteiger partial charge in [-0.3, -0.25) is 9.78 Å². The zero-order chi connectivity index (χ0) is 16.8. The number of rotatable bonds is 7. The molecule has 5 heteroatoms. The third-order valence-electron chi connectivity index (χ3n) is 4.79. The largest absolute Gasteiger partial charge is 0.340 e. The van der Waals surface area contributed by atoms with Crippen LogP contribution in [0.3, 0.4) is 0 Å². The first-order chi connectivity index (χ1) is 11.0. The number of aryl methyl sites for hydroxylation is 1. The average molecular weight is 318 g/mol. The Hall–Kier alpha value is -1.46. The van der Waals surface area contributed by atoms with E-state index < -0.39 is 0 Å². The highest BCUT2D eigenvalue weighted by Crippen LogP contribution is 2.13. The van der Waals surface area contributed by atoms with E-state index in [4.69, 9.17) is 0 Å². The molecule has 0 saturated carbocycles. The van der Waals surface area contributed by atoms with E-state index in [0.717, 1.165) is 31.7 Å². The third kappa shape index (κ3) is 5.29. The van der Waals surface area contributed by atoms with Crippen LogP contribution in [0.25, 0.3) is 0 Å². The molecule has 2 rings (SSSR count). The monoisotopic (exact) mass is 318 g/mol. The van der Waals surface area contributed by atoms with Gasteiger partial charge in [-0.25, -0.2) is 0 Å². The maximum absolute atomic E-state index is 12.3. The highest BCUT2D eigenvalue weighted by Gasteiger charge is 2.23. The topological polar surface area (TPSA) is 39.7 Å². The fraction of sp³-hybridized carbons (Fsp3) is 0.667. The molecule has 1 aliphatic rings. The Morgan fingerprint density at radius 1 is 1.39 bits per heavy atom. The highest BCUT2D eigenvalue weighted by atomic mass is 16.2. The quantitative estimate of drug-likeness (QED) is 0.766. The Morgan fingerprint density at radius 2 is 2.17 bits per heavy atom. The van der Waals surface area contributed by atoms with Gasteiger partial charge in [0.1, 0.15) is 0 Å². The van der Waals surface area contributed by atoms with E-state index in [0.29, 0.717) is 19.0 Å². The van der Waals surface area contributed by atoms with Crippen molar-refractivity contribution in [3.8, 4) is 0 Å². The number of amides is 1. The lowest BCUT2D eigenvalue weighted by molar-refractivity contribution is -0.130. The maximum Gasteiger partial charge on any atom is 0.223 e. The number of hydrogen-bond acceptors (Lipinski definition) is 4. The molecule has 1 aliphatic heterocycles. The summed E-state index contributed by atoms with van der Waals surface area (Å²) in [5, 5.41) is 0. The van der Waals surface area contributed by atoms with Crippen LogP contribution in [0.5, 0.6) is 0 Å². The minimum absolute atomic E-state index is 0.185. The minimum atomic E-state index is 0.185. The SMILES string of the molecule is CCc1ccc(CN(C)C(=O)CCN(C)[C@@H]2CCN(C)C2)nc1. The van der Waals surface area contributed by atoms with Gasteiger partial charge in [0.15, 0.2) is 0 Å². The minimum Gasteiger partial charge on any atom is -0.340 e. The Labute approximate surface area is 140 Å². The predicted molar refractivity (Wildman–Crippen MR) is 93.2 cm³/mol. The number of pyridine rings is 1. The molecule has 1 fully saturated rings. The van der Waals surface area contributed by atoms with E-state index in [2.05, 4.69) is 41.9 Å². The summed E-state index contributed by atoms with van der Waals surface area (Å²) >= 11 is 0. The molecule has 1 aromatic heterocycles. The van der Waals surface area contributed by atoms with Crippen molar-refractivity contribution in [1.82, 2.24) is 19.7 Å². The number of hydrogen-bond donors (Lipinski definition) is 0. The molecular formula is C18H30N4O. The van der Waals surface area contributed by atoms with E-state index in [1.807, 2.05) is 19.3 Å². The van der Waals surface area contributed by atoms with Crippen molar-refractivity contribution in [3.63, 3.8) is 0 Å². The van der Waals surface area contributed by atoms with Crippen LogP contribution in [-0.2, 0) is 17.8 Å². The Morgan fingerprint density at radius 3 is 2.74 bits per heavy atom. The number of carbonyl (C=O) groups is 1. The van der Waals surface area contributed by atoms with Gasteiger partial charge in [0.25, 0.3) is 0 Å². The second-order valence-electron chi connectivity index (χ2n) is 6.70. The third-order valence-corrected chi connectivity index (χ3v) is 4.79. The summed E-state index contributed by atoms with van der Waals surface area (Å²) in [4.78, 5) is 23.2. The molecule has 1 atom stereocenters. The van der Waals surface area contributed by atoms with E-state index in [-0.39, 0.29) is 5.91 Å². The summed E-state index contributed by atoms with van der Waals surface area (Å²) < 4.78 is 0. The number of likely N-dealkylation sites (tertiary alicyclic amines) is 1. The van der Waals surface area contributed by atoms with Crippen LogP contribution in [0.4, 0.5) is 0 Å². The van der Waals surface area contributed by atoms with E-state index in [1.54, 1.807) is 4.90 Å². The maximum atomic E-state index is 12.3. The van der Waals surface area contributed by atoms with Gasteiger partial charge in [-0.15, -0.1) is 0 Å². The molecule has 0 unspecified atom stereocenters. The Bertz CT molecular complexity index is 502. The lowest BCUT2D eigenvalue weighted by Crippen LogP contribution is -2.37. The summed E-state index contributed by atoms with van der Waals surface area (Å²) in [6.45, 7) is 5.78. The van der Waals surface area contributed by atoms with E-state index >= 15 is 0 Å². The average Bonchev–Trinajstić information content (AvgIpc) is 2.99. The van der Waals surface area contributed by atoms with Crippen molar-refractivity contribution >= 4 is 5.91 Å². The number of aromatic nitrogens is 1. The first kappa shape index (κ1) is 17.9. The van der Waals surface area contributed by atoms with Crippen molar-refractivity contribution in [2.75, 3.05) is 40.8 Å². The fourth-order valence-corrected chi connectivity index (χ4v) is 3.01. The smallest absolute Gasteiger partial charge is 0.223 e. The number of likely N-dealkylation sites (N-methyl/N-ethyl adjacent to an activating group) is 2. The normalized spacial score (nSPS) is 18.6. The van der Waals surface area contributed by atoms with E-state index in [9.17, 15) is 4.79 Å². The molecule has 0 bridgehead atoms. The summed E-state index contributed by atoms with van der Waals surface area (Å²) in [7, 11) is 6.15. The van der Waals surface area contributed by atoms with Crippen LogP contribution in [0.15, 0.2) is 18.3 Å². The van der Waals surface area contributed by atoms with Crippen molar-refractivity contribution in [2.45, 2.75) is 38.8 Å². The molecule has 0 aliphatic carbocycles. The van der Waals surface area contributed by atoms with E-state index in [1.165, 1.54) is 12.0 Å². The molecule has 2 heterocycles. The van der Waals surface area contributed by atoms with Crippen LogP contribution in [-0.4, -0.2) is 72.4 Å². The molecular weight excluding hydrogens is 288 g/mol. The summed E-state index contributed by atoms with van der Waals surface area (Å²) in [5.74, 6) is 0.185. The molecule has 1 aromatic rings. The summed E-state index contributed by atoms with van der Waals surface area (Å²) in [6.07, 6.45) is 4.66. The Balaban J connectivity index is 1.75. The van der Waals surface area contributed by atoms with Crippen LogP contribution in [0.2, 0.25) is 0 Å². The fourth-order valence-electron chi connectivity index (χ4n) is 3.01. The van der Waals surface area contributed by atoms with Gasteiger partial charge in [0, 0.05) is 38.8 Å². The molecule has 0 N–H and O–H groups in total. The lowest BCUT2D eigenvalue weighted by atomic mass is 10.2. The zero-order valence-corrected chi connectivity index (χ0v) is 15.0. The first-order valence-corrected chi connectivity index (χ1v) is 8.56. The van der Waals surface area contributed by atoms with Gasteiger partial charge in [0.05, 0.1) is 12.2 Å². The summed E-state index contributed by atoms with van der Waals surface area (Å²) in [5.41, 5.74) is 2.18. The summed E-state index contributed by atoms with van der Waals surface area (Å²) in [6, 6.07) is 4.69. The second kappa shape index (κ2) is 8.41. The van der Waals surface area contributed by atoms with Gasteiger partial charge < -0.3 is 14.7 Å². The van der Waals surface area contributed by atoms with Crippen molar-refractivity contribution in [1.29, 1.82) is 0 Å². The molecule has 23 heavy (non-hydrogen) atoms. The van der Waals surface area contributed by atoms with Crippen LogP contribution in [0.1, 0.15) is 31.0 Å². The number of nitrogens with zero attached hydrogens (tertiary/aromatic N) is 4. The van der Waals surface area contributed by atoms with Gasteiger partial charge in [-0.2, -0.15) is 0 Å². The molecule has 128 valence electrons. The number of carbonyl (C=O) groups excluding carboxylic acids is 1. The van der Waals surface area contributed by atoms with Crippen molar-refractivity contribution in [3.05, 3.63) is 29.6 Å². The van der Waals surface area contributed by atoms with Crippen LogP contribution >= 0.6 is 0 Å². The zero-order valence-electron chi connectivity index (χ0n) is 15.0. The Kier molecular flexibility index (Phi) is 6.54. The lowest BCUT2D eigenvalue weighted by Gasteiger charge is -2.25. The van der Waals surface area contributed by atoms with Gasteiger partial charge in [-0.05, 0) is 45.1 Å². The highest BCUT2D eigenvalue weighted by molar-refractivity contribution is 5.76. The second-order valence-corrected chi connectivity index (χ2v) is 6.70.